The van der Waals surface area contributed by atoms with Crippen LogP contribution in [-0.4, -0.2) is 43.3 Å². The van der Waals surface area contributed by atoms with E-state index in [9.17, 15) is 9.18 Å². The van der Waals surface area contributed by atoms with Gasteiger partial charge in [0.25, 0.3) is 5.91 Å². The number of halogens is 1. The monoisotopic (exact) mass is 379 g/mol. The number of rotatable bonds is 2. The highest BCUT2D eigenvalue weighted by molar-refractivity contribution is 5.95. The summed E-state index contributed by atoms with van der Waals surface area (Å²) in [7, 11) is 0. The molecule has 6 heteroatoms. The normalized spacial score (nSPS) is 23.7. The summed E-state index contributed by atoms with van der Waals surface area (Å²) < 4.78 is 20.2. The molecule has 5 nitrogen and oxygen atoms in total. The zero-order chi connectivity index (χ0) is 19.4. The summed E-state index contributed by atoms with van der Waals surface area (Å²) in [5.74, 6) is -0.498. The van der Waals surface area contributed by atoms with Crippen LogP contribution in [0.5, 0.6) is 0 Å². The standard InChI is InChI=1S/C22H22FN3O2/c1-12-2-4-13(5-3-12)14-8-26(9-14)22(27)16-6-15-17-10-28-11-18(17)21(24)25-20(15)7-19(16)23/h2-7,14,18,21H,8-11,24H2,1H3. The highest BCUT2D eigenvalue weighted by Crippen LogP contribution is 2.29. The number of amides is 1. The lowest BCUT2D eigenvalue weighted by molar-refractivity contribution is 0.0597. The molecule has 2 aromatic rings. The Labute approximate surface area is 162 Å². The largest absolute Gasteiger partial charge is 0.376 e. The van der Waals surface area contributed by atoms with Crippen molar-refractivity contribution >= 4 is 11.5 Å². The van der Waals surface area contributed by atoms with E-state index in [1.54, 1.807) is 11.0 Å². The molecule has 0 radical (unpaired) electrons. The first-order valence-electron chi connectivity index (χ1n) is 9.61. The van der Waals surface area contributed by atoms with E-state index in [1.165, 1.54) is 17.2 Å². The maximum absolute atomic E-state index is 14.7. The van der Waals surface area contributed by atoms with Crippen LogP contribution in [0.2, 0.25) is 0 Å². The predicted molar refractivity (Wildman–Crippen MR) is 103 cm³/mol. The number of fused-ring (bicyclic) bond motifs is 2. The molecule has 1 amide bonds. The average molecular weight is 379 g/mol. The summed E-state index contributed by atoms with van der Waals surface area (Å²) >= 11 is 0. The number of hydrogen-bond acceptors (Lipinski definition) is 4. The third-order valence-electron chi connectivity index (χ3n) is 6.08. The Kier molecular flexibility index (Phi) is 4.07. The van der Waals surface area contributed by atoms with Gasteiger partial charge in [-0.3, -0.25) is 9.79 Å². The lowest BCUT2D eigenvalue weighted by Crippen LogP contribution is -2.49. The number of ether oxygens (including phenoxy) is 1. The van der Waals surface area contributed by atoms with Gasteiger partial charge in [-0.25, -0.2) is 4.39 Å². The number of nitrogens with two attached hydrogens (primary N) is 1. The molecule has 0 spiro atoms. The van der Waals surface area contributed by atoms with Crippen molar-refractivity contribution in [2.45, 2.75) is 19.0 Å². The highest BCUT2D eigenvalue weighted by Gasteiger charge is 2.35. The molecule has 144 valence electrons. The van der Waals surface area contributed by atoms with Crippen LogP contribution in [0.1, 0.15) is 27.4 Å². The number of benzene rings is 2. The molecular weight excluding hydrogens is 357 g/mol. The second-order valence-corrected chi connectivity index (χ2v) is 7.93. The van der Waals surface area contributed by atoms with E-state index in [0.29, 0.717) is 37.6 Å². The van der Waals surface area contributed by atoms with Crippen LogP contribution >= 0.6 is 0 Å². The van der Waals surface area contributed by atoms with Gasteiger partial charge in [0, 0.05) is 36.2 Å². The topological polar surface area (TPSA) is 67.9 Å². The van der Waals surface area contributed by atoms with E-state index in [2.05, 4.69) is 36.2 Å². The van der Waals surface area contributed by atoms with Crippen LogP contribution < -0.4 is 16.3 Å². The number of carbonyl (C=O) groups excluding carboxylic acids is 1. The van der Waals surface area contributed by atoms with Gasteiger partial charge in [-0.05, 0) is 24.1 Å². The van der Waals surface area contributed by atoms with Crippen molar-refractivity contribution in [3.05, 3.63) is 69.5 Å². The van der Waals surface area contributed by atoms with Crippen molar-refractivity contribution in [3.63, 3.8) is 0 Å². The quantitative estimate of drug-likeness (QED) is 0.849. The van der Waals surface area contributed by atoms with Crippen LogP contribution in [-0.2, 0) is 4.74 Å². The Hall–Kier alpha value is -2.57. The van der Waals surface area contributed by atoms with Crippen LogP contribution in [0.3, 0.4) is 0 Å². The fourth-order valence-corrected chi connectivity index (χ4v) is 4.29. The Bertz CT molecular complexity index is 1070. The van der Waals surface area contributed by atoms with E-state index in [1.807, 2.05) is 0 Å². The zero-order valence-corrected chi connectivity index (χ0v) is 15.7. The molecule has 5 rings (SSSR count). The highest BCUT2D eigenvalue weighted by atomic mass is 19.1. The van der Waals surface area contributed by atoms with Crippen molar-refractivity contribution in [2.75, 3.05) is 26.3 Å². The van der Waals surface area contributed by atoms with E-state index in [-0.39, 0.29) is 17.4 Å². The lowest BCUT2D eigenvalue weighted by Gasteiger charge is -2.39. The molecular formula is C22H22FN3O2. The van der Waals surface area contributed by atoms with Gasteiger partial charge in [0.05, 0.1) is 24.1 Å². The SMILES string of the molecule is Cc1ccc(C2CN(C(=O)c3cc4c(cc3F)=NC(N)C3COCC=43)C2)cc1. The summed E-state index contributed by atoms with van der Waals surface area (Å²) in [6.45, 7) is 4.24. The summed E-state index contributed by atoms with van der Waals surface area (Å²) in [5.41, 5.74) is 9.63. The van der Waals surface area contributed by atoms with Crippen molar-refractivity contribution in [2.24, 2.45) is 16.6 Å². The zero-order valence-electron chi connectivity index (χ0n) is 15.7. The van der Waals surface area contributed by atoms with Crippen LogP contribution in [0.15, 0.2) is 41.4 Å². The smallest absolute Gasteiger partial charge is 0.256 e. The van der Waals surface area contributed by atoms with Crippen molar-refractivity contribution in [3.8, 4) is 0 Å². The number of likely N-dealkylation sites (tertiary alicyclic amines) is 1. The van der Waals surface area contributed by atoms with Gasteiger partial charge in [0.15, 0.2) is 0 Å². The molecule has 3 aliphatic heterocycles. The summed E-state index contributed by atoms with van der Waals surface area (Å²) in [4.78, 5) is 19.0. The van der Waals surface area contributed by atoms with Gasteiger partial charge in [-0.1, -0.05) is 29.8 Å². The fraction of sp³-hybridized carbons (Fsp3) is 0.364. The second-order valence-electron chi connectivity index (χ2n) is 7.93. The number of aryl methyl sites for hydroxylation is 1. The molecule has 28 heavy (non-hydrogen) atoms. The van der Waals surface area contributed by atoms with Gasteiger partial charge < -0.3 is 15.4 Å². The first kappa shape index (κ1) is 17.5. The van der Waals surface area contributed by atoms with Crippen LogP contribution in [0, 0.1) is 18.7 Å². The van der Waals surface area contributed by atoms with Crippen LogP contribution in [0.25, 0.3) is 5.57 Å². The Morgan fingerprint density at radius 1 is 1.25 bits per heavy atom. The van der Waals surface area contributed by atoms with Crippen molar-refractivity contribution < 1.29 is 13.9 Å². The first-order chi connectivity index (χ1) is 13.5. The fourth-order valence-electron chi connectivity index (χ4n) is 4.29. The molecule has 2 fully saturated rings. The van der Waals surface area contributed by atoms with E-state index < -0.39 is 12.0 Å². The minimum atomic E-state index is -0.545. The minimum Gasteiger partial charge on any atom is -0.376 e. The molecule has 2 atom stereocenters. The molecule has 3 aliphatic rings. The van der Waals surface area contributed by atoms with Gasteiger partial charge in [0.2, 0.25) is 0 Å². The average Bonchev–Trinajstić information content (AvgIpc) is 3.12. The molecule has 2 unspecified atom stereocenters. The van der Waals surface area contributed by atoms with E-state index >= 15 is 0 Å². The molecule has 2 N–H and O–H groups in total. The lowest BCUT2D eigenvalue weighted by atomic mass is 9.90. The number of carbonyl (C=O) groups is 1. The third-order valence-corrected chi connectivity index (χ3v) is 6.08. The molecule has 2 saturated heterocycles. The molecule has 0 aromatic heterocycles. The number of hydrogen-bond donors (Lipinski definition) is 1. The molecule has 3 heterocycles. The van der Waals surface area contributed by atoms with Crippen molar-refractivity contribution in [1.29, 1.82) is 0 Å². The van der Waals surface area contributed by atoms with E-state index in [0.717, 1.165) is 10.8 Å². The Morgan fingerprint density at radius 2 is 2.00 bits per heavy atom. The predicted octanol–water partition coefficient (Wildman–Crippen LogP) is 1.09. The summed E-state index contributed by atoms with van der Waals surface area (Å²) in [6.07, 6.45) is -0.420. The molecule has 0 saturated carbocycles. The Morgan fingerprint density at radius 3 is 2.75 bits per heavy atom. The van der Waals surface area contributed by atoms with Crippen LogP contribution in [0.4, 0.5) is 4.39 Å². The maximum Gasteiger partial charge on any atom is 0.256 e. The number of nitrogens with zero attached hydrogens (tertiary/aromatic N) is 2. The molecule has 0 aliphatic carbocycles. The molecule has 0 bridgehead atoms. The first-order valence-corrected chi connectivity index (χ1v) is 9.61. The second kappa shape index (κ2) is 6.50. The van der Waals surface area contributed by atoms with Gasteiger partial charge >= 0.3 is 0 Å². The van der Waals surface area contributed by atoms with Gasteiger partial charge in [-0.2, -0.15) is 0 Å². The third kappa shape index (κ3) is 2.75. The summed E-state index contributed by atoms with van der Waals surface area (Å²) in [6, 6.07) is 11.3. The van der Waals surface area contributed by atoms with Crippen molar-refractivity contribution in [1.82, 2.24) is 4.90 Å². The van der Waals surface area contributed by atoms with Gasteiger partial charge in [0.1, 0.15) is 12.0 Å². The summed E-state index contributed by atoms with van der Waals surface area (Å²) in [5, 5.41) is 1.31. The minimum absolute atomic E-state index is 0.0100. The molecule has 2 aromatic carbocycles. The Balaban J connectivity index is 1.43. The van der Waals surface area contributed by atoms with E-state index in [4.69, 9.17) is 10.5 Å². The van der Waals surface area contributed by atoms with Gasteiger partial charge in [-0.15, -0.1) is 0 Å². The maximum atomic E-state index is 14.7.